The molecule has 0 aliphatic rings. The largest absolute Gasteiger partial charge is 0.312 e. The lowest BCUT2D eigenvalue weighted by molar-refractivity contribution is 0.123. The Hall–Kier alpha value is 1.32. The second-order valence-electron chi connectivity index (χ2n) is 2.20. The topological polar surface area (TPSA) is 18.5 Å². The van der Waals surface area contributed by atoms with E-state index in [2.05, 4.69) is 25.8 Å². The van der Waals surface area contributed by atoms with Crippen LogP contribution in [-0.4, -0.2) is 36.2 Å². The first-order chi connectivity index (χ1) is 5.79. The molecular formula is C6H14O2S4. The van der Waals surface area contributed by atoms with Gasteiger partial charge in [-0.15, -0.1) is 0 Å². The van der Waals surface area contributed by atoms with Crippen LogP contribution in [-0.2, 0) is 8.37 Å². The number of thiol groups is 2. The molecule has 0 saturated carbocycles. The van der Waals surface area contributed by atoms with Crippen molar-refractivity contribution in [2.75, 3.05) is 24.0 Å². The minimum atomic E-state index is 0.00767. The third kappa shape index (κ3) is 5.14. The van der Waals surface area contributed by atoms with Crippen molar-refractivity contribution in [3.8, 4) is 0 Å². The normalized spacial score (nSPS) is 16.0. The lowest BCUT2D eigenvalue weighted by Crippen LogP contribution is -2.31. The van der Waals surface area contributed by atoms with E-state index in [-0.39, 0.29) is 12.2 Å². The molecule has 12 heavy (non-hydrogen) atoms. The summed E-state index contributed by atoms with van der Waals surface area (Å²) in [5.41, 5.74) is 0. The molecule has 0 aliphatic carbocycles. The zero-order chi connectivity index (χ0) is 9.40. The van der Waals surface area contributed by atoms with Crippen LogP contribution in [0.2, 0.25) is 0 Å². The van der Waals surface area contributed by atoms with E-state index in [0.29, 0.717) is 0 Å². The van der Waals surface area contributed by atoms with E-state index >= 15 is 0 Å². The average Bonchev–Trinajstić information content (AvgIpc) is 2.11. The molecular weight excluding hydrogens is 232 g/mol. The Balaban J connectivity index is 3.84. The van der Waals surface area contributed by atoms with Gasteiger partial charge in [0.1, 0.15) is 12.2 Å². The minimum absolute atomic E-state index is 0.00767. The van der Waals surface area contributed by atoms with E-state index in [9.17, 15) is 0 Å². The summed E-state index contributed by atoms with van der Waals surface area (Å²) in [6, 6.07) is 0. The average molecular weight is 246 g/mol. The van der Waals surface area contributed by atoms with Gasteiger partial charge in [-0.25, -0.2) is 0 Å². The highest BCUT2D eigenvalue weighted by Gasteiger charge is 2.20. The first-order valence-corrected chi connectivity index (χ1v) is 6.90. The van der Waals surface area contributed by atoms with Crippen LogP contribution in [0.3, 0.4) is 0 Å². The molecule has 0 spiro atoms. The molecule has 0 saturated heterocycles. The highest BCUT2D eigenvalue weighted by atomic mass is 32.2. The quantitative estimate of drug-likeness (QED) is 0.529. The Morgan fingerprint density at radius 1 is 1.00 bits per heavy atom. The fraction of sp³-hybridized carbons (Fsp3) is 1.00. The summed E-state index contributed by atoms with van der Waals surface area (Å²) in [4.78, 5) is 0. The fourth-order valence-corrected chi connectivity index (χ4v) is 2.58. The van der Waals surface area contributed by atoms with Gasteiger partial charge in [0.2, 0.25) is 0 Å². The van der Waals surface area contributed by atoms with Gasteiger partial charge >= 0.3 is 0 Å². The summed E-state index contributed by atoms with van der Waals surface area (Å²) < 4.78 is 9.97. The highest BCUT2D eigenvalue weighted by Crippen LogP contribution is 2.15. The lowest BCUT2D eigenvalue weighted by Gasteiger charge is -2.21. The Morgan fingerprint density at radius 3 is 1.50 bits per heavy atom. The van der Waals surface area contributed by atoms with Crippen LogP contribution in [0, 0.1) is 0 Å². The van der Waals surface area contributed by atoms with Gasteiger partial charge in [0.15, 0.2) is 0 Å². The third-order valence-corrected chi connectivity index (χ3v) is 3.21. The first-order valence-electron chi connectivity index (χ1n) is 3.38. The third-order valence-electron chi connectivity index (χ3n) is 1.35. The van der Waals surface area contributed by atoms with Gasteiger partial charge in [0.05, 0.1) is 0 Å². The maximum atomic E-state index is 4.98. The van der Waals surface area contributed by atoms with Crippen molar-refractivity contribution in [2.45, 2.75) is 12.2 Å². The van der Waals surface area contributed by atoms with Crippen LogP contribution in [0.25, 0.3) is 0 Å². The maximum absolute atomic E-state index is 4.98. The zero-order valence-electron chi connectivity index (χ0n) is 7.10. The smallest absolute Gasteiger partial charge is 0.109 e. The minimum Gasteiger partial charge on any atom is -0.312 e. The molecule has 0 aromatic carbocycles. The predicted molar refractivity (Wildman–Crippen MR) is 64.5 cm³/mol. The summed E-state index contributed by atoms with van der Waals surface area (Å²) in [5, 5.41) is 0. The molecule has 0 N–H and O–H groups in total. The molecule has 6 heteroatoms. The molecule has 2 nitrogen and oxygen atoms in total. The lowest BCUT2D eigenvalue weighted by atomic mass is 10.3. The van der Waals surface area contributed by atoms with Crippen LogP contribution < -0.4 is 0 Å². The second-order valence-corrected chi connectivity index (χ2v) is 4.44. The number of hydrogen-bond acceptors (Lipinski definition) is 6. The molecule has 0 radical (unpaired) electrons. The van der Waals surface area contributed by atoms with Crippen molar-refractivity contribution in [3.05, 3.63) is 0 Å². The molecule has 0 aliphatic heterocycles. The van der Waals surface area contributed by atoms with Crippen LogP contribution in [0.1, 0.15) is 0 Å². The van der Waals surface area contributed by atoms with Crippen LogP contribution in [0.4, 0.5) is 0 Å². The zero-order valence-corrected chi connectivity index (χ0v) is 10.5. The SMILES string of the molecule is CSCC(OS)C(CSC)OS. The molecule has 0 rings (SSSR count). The molecule has 0 aromatic heterocycles. The van der Waals surface area contributed by atoms with Crippen molar-refractivity contribution in [1.29, 1.82) is 0 Å². The molecule has 0 fully saturated rings. The van der Waals surface area contributed by atoms with Gasteiger partial charge < -0.3 is 8.37 Å². The van der Waals surface area contributed by atoms with Crippen molar-refractivity contribution >= 4 is 49.3 Å². The van der Waals surface area contributed by atoms with Gasteiger partial charge in [0, 0.05) is 11.5 Å². The molecule has 0 bridgehead atoms. The number of rotatable bonds is 7. The van der Waals surface area contributed by atoms with E-state index in [0.717, 1.165) is 11.5 Å². The van der Waals surface area contributed by atoms with Gasteiger partial charge in [-0.1, -0.05) is 0 Å². The fourth-order valence-electron chi connectivity index (χ4n) is 0.740. The Morgan fingerprint density at radius 2 is 1.33 bits per heavy atom. The second kappa shape index (κ2) is 8.90. The van der Waals surface area contributed by atoms with E-state index < -0.39 is 0 Å². The number of hydrogen-bond donors (Lipinski definition) is 2. The summed E-state index contributed by atoms with van der Waals surface area (Å²) in [6.07, 6.45) is 4.06. The van der Waals surface area contributed by atoms with E-state index in [1.807, 2.05) is 12.5 Å². The van der Waals surface area contributed by atoms with Crippen molar-refractivity contribution in [2.24, 2.45) is 0 Å². The number of thioether (sulfide) groups is 2. The first kappa shape index (κ1) is 13.3. The van der Waals surface area contributed by atoms with Crippen molar-refractivity contribution in [3.63, 3.8) is 0 Å². The van der Waals surface area contributed by atoms with Gasteiger partial charge in [0.25, 0.3) is 0 Å². The molecule has 2 unspecified atom stereocenters. The standard InChI is InChI=1S/C6H14O2S4/c1-11-3-5(7-9)6(8-10)4-12-2/h5-6,9-10H,3-4H2,1-2H3. The molecule has 0 heterocycles. The van der Waals surface area contributed by atoms with Crippen LogP contribution >= 0.6 is 49.3 Å². The molecule has 2 atom stereocenters. The van der Waals surface area contributed by atoms with Crippen LogP contribution in [0.5, 0.6) is 0 Å². The monoisotopic (exact) mass is 246 g/mol. The van der Waals surface area contributed by atoms with Crippen LogP contribution in [0.15, 0.2) is 0 Å². The Bertz CT molecular complexity index is 91.5. The predicted octanol–water partition coefficient (Wildman–Crippen LogP) is 2.17. The van der Waals surface area contributed by atoms with E-state index in [4.69, 9.17) is 8.37 Å². The Labute approximate surface area is 93.8 Å². The summed E-state index contributed by atoms with van der Waals surface area (Å²) in [7, 11) is 0. The van der Waals surface area contributed by atoms with Gasteiger partial charge in [-0.05, 0) is 38.3 Å². The van der Waals surface area contributed by atoms with Crippen molar-refractivity contribution in [1.82, 2.24) is 0 Å². The van der Waals surface area contributed by atoms with Gasteiger partial charge in [-0.3, -0.25) is 0 Å². The molecule has 0 amide bonds. The highest BCUT2D eigenvalue weighted by molar-refractivity contribution is 7.99. The summed E-state index contributed by atoms with van der Waals surface area (Å²) in [5.74, 6) is 1.74. The summed E-state index contributed by atoms with van der Waals surface area (Å²) >= 11 is 11.0. The maximum Gasteiger partial charge on any atom is 0.109 e. The summed E-state index contributed by atoms with van der Waals surface area (Å²) in [6.45, 7) is 0. The van der Waals surface area contributed by atoms with E-state index in [1.165, 1.54) is 0 Å². The Kier molecular flexibility index (Phi) is 9.88. The molecule has 0 aromatic rings. The molecule has 74 valence electrons. The van der Waals surface area contributed by atoms with Gasteiger partial charge in [-0.2, -0.15) is 23.5 Å². The van der Waals surface area contributed by atoms with E-state index in [1.54, 1.807) is 23.5 Å². The van der Waals surface area contributed by atoms with Crippen molar-refractivity contribution < 1.29 is 8.37 Å².